The molecule has 0 amide bonds. The first kappa shape index (κ1) is 13.8. The first-order valence-corrected chi connectivity index (χ1v) is 6.27. The van der Waals surface area contributed by atoms with Crippen LogP contribution in [0, 0.1) is 5.92 Å². The van der Waals surface area contributed by atoms with Crippen molar-refractivity contribution in [1.82, 2.24) is 5.32 Å². The lowest BCUT2D eigenvalue weighted by molar-refractivity contribution is -0.144. The van der Waals surface area contributed by atoms with E-state index >= 15 is 0 Å². The molecule has 0 radical (unpaired) electrons. The fourth-order valence-electron chi connectivity index (χ4n) is 2.01. The van der Waals surface area contributed by atoms with Crippen LogP contribution >= 0.6 is 0 Å². The molecule has 5 heteroatoms. The molecule has 0 heterocycles. The standard InChI is InChI=1S/C12H23N3O2/c1-9(11(16)17-2)8-14-12(13)15-10-6-4-3-5-7-10/h9-10H,3-8H2,1-2H3,(H3,13,14,15). The van der Waals surface area contributed by atoms with Crippen LogP contribution < -0.4 is 11.1 Å². The predicted octanol–water partition coefficient (Wildman–Crippen LogP) is 1.03. The van der Waals surface area contributed by atoms with Crippen LogP contribution in [0.4, 0.5) is 0 Å². The fourth-order valence-corrected chi connectivity index (χ4v) is 2.01. The molecule has 98 valence electrons. The highest BCUT2D eigenvalue weighted by Crippen LogP contribution is 2.16. The second-order valence-electron chi connectivity index (χ2n) is 4.63. The van der Waals surface area contributed by atoms with E-state index in [9.17, 15) is 4.79 Å². The van der Waals surface area contributed by atoms with Crippen molar-refractivity contribution in [2.24, 2.45) is 16.6 Å². The van der Waals surface area contributed by atoms with Gasteiger partial charge in [-0.3, -0.25) is 9.79 Å². The molecule has 3 N–H and O–H groups in total. The Morgan fingerprint density at radius 1 is 1.47 bits per heavy atom. The number of ether oxygens (including phenoxy) is 1. The normalized spacial score (nSPS) is 19.8. The van der Waals surface area contributed by atoms with Crippen molar-refractivity contribution in [1.29, 1.82) is 0 Å². The number of guanidine groups is 1. The lowest BCUT2D eigenvalue weighted by Gasteiger charge is -2.23. The minimum atomic E-state index is -0.251. The van der Waals surface area contributed by atoms with E-state index in [1.807, 2.05) is 0 Å². The van der Waals surface area contributed by atoms with Crippen LogP contribution in [0.1, 0.15) is 39.0 Å². The van der Waals surface area contributed by atoms with Crippen molar-refractivity contribution < 1.29 is 9.53 Å². The number of rotatable bonds is 4. The summed E-state index contributed by atoms with van der Waals surface area (Å²) in [5.41, 5.74) is 5.78. The van der Waals surface area contributed by atoms with E-state index in [0.29, 0.717) is 18.5 Å². The Hall–Kier alpha value is -1.26. The molecule has 1 aliphatic rings. The molecule has 0 aliphatic heterocycles. The minimum Gasteiger partial charge on any atom is -0.469 e. The zero-order valence-corrected chi connectivity index (χ0v) is 10.7. The number of carbonyl (C=O) groups excluding carboxylic acids is 1. The average Bonchev–Trinajstić information content (AvgIpc) is 2.36. The molecule has 0 saturated heterocycles. The number of carbonyl (C=O) groups is 1. The van der Waals surface area contributed by atoms with Gasteiger partial charge in [0.1, 0.15) is 0 Å². The molecule has 0 spiro atoms. The number of hydrogen-bond donors (Lipinski definition) is 2. The molecule has 0 aromatic rings. The molecule has 5 nitrogen and oxygen atoms in total. The number of aliphatic imine (C=N–C) groups is 1. The Bertz CT molecular complexity index is 273. The summed E-state index contributed by atoms with van der Waals surface area (Å²) in [4.78, 5) is 15.3. The zero-order chi connectivity index (χ0) is 12.7. The summed E-state index contributed by atoms with van der Waals surface area (Å²) in [5, 5.41) is 3.21. The van der Waals surface area contributed by atoms with E-state index < -0.39 is 0 Å². The van der Waals surface area contributed by atoms with E-state index in [4.69, 9.17) is 5.73 Å². The molecular weight excluding hydrogens is 218 g/mol. The number of nitrogens with one attached hydrogen (secondary N) is 1. The molecule has 0 aromatic heterocycles. The Labute approximate surface area is 103 Å². The molecule has 1 atom stereocenters. The molecule has 1 unspecified atom stereocenters. The largest absolute Gasteiger partial charge is 0.469 e. The highest BCUT2D eigenvalue weighted by atomic mass is 16.5. The van der Waals surface area contributed by atoms with Gasteiger partial charge in [0, 0.05) is 6.04 Å². The van der Waals surface area contributed by atoms with Gasteiger partial charge in [-0.1, -0.05) is 26.2 Å². The van der Waals surface area contributed by atoms with Crippen molar-refractivity contribution in [2.45, 2.75) is 45.1 Å². The predicted molar refractivity (Wildman–Crippen MR) is 67.7 cm³/mol. The van der Waals surface area contributed by atoms with Gasteiger partial charge in [-0.2, -0.15) is 0 Å². The summed E-state index contributed by atoms with van der Waals surface area (Å²) in [6.45, 7) is 2.15. The fraction of sp³-hybridized carbons (Fsp3) is 0.833. The number of nitrogens with two attached hydrogens (primary N) is 1. The van der Waals surface area contributed by atoms with Crippen molar-refractivity contribution >= 4 is 11.9 Å². The Balaban J connectivity index is 2.30. The highest BCUT2D eigenvalue weighted by Gasteiger charge is 2.15. The number of nitrogens with zero attached hydrogens (tertiary/aromatic N) is 1. The maximum atomic E-state index is 11.2. The highest BCUT2D eigenvalue weighted by molar-refractivity contribution is 5.79. The third-order valence-corrected chi connectivity index (χ3v) is 3.10. The number of hydrogen-bond acceptors (Lipinski definition) is 3. The summed E-state index contributed by atoms with van der Waals surface area (Å²) in [7, 11) is 1.38. The molecule has 1 saturated carbocycles. The van der Waals surface area contributed by atoms with E-state index in [1.165, 1.54) is 26.4 Å². The van der Waals surface area contributed by atoms with Crippen LogP contribution in [0.3, 0.4) is 0 Å². The molecule has 17 heavy (non-hydrogen) atoms. The SMILES string of the molecule is COC(=O)C(C)CN=C(N)NC1CCCCC1. The van der Waals surface area contributed by atoms with Crippen LogP contribution in [0.5, 0.6) is 0 Å². The van der Waals surface area contributed by atoms with Crippen molar-refractivity contribution in [2.75, 3.05) is 13.7 Å². The van der Waals surface area contributed by atoms with Crippen LogP contribution in [0.2, 0.25) is 0 Å². The van der Waals surface area contributed by atoms with Gasteiger partial charge in [0.2, 0.25) is 0 Å². The number of esters is 1. The van der Waals surface area contributed by atoms with Gasteiger partial charge in [-0.15, -0.1) is 0 Å². The van der Waals surface area contributed by atoms with Crippen LogP contribution in [-0.2, 0) is 9.53 Å². The molecule has 0 aromatic carbocycles. The second-order valence-corrected chi connectivity index (χ2v) is 4.63. The van der Waals surface area contributed by atoms with Gasteiger partial charge in [0.05, 0.1) is 19.6 Å². The van der Waals surface area contributed by atoms with Crippen molar-refractivity contribution in [3.8, 4) is 0 Å². The topological polar surface area (TPSA) is 76.7 Å². The Kier molecular flexibility index (Phi) is 5.80. The average molecular weight is 241 g/mol. The molecule has 1 rings (SSSR count). The lowest BCUT2D eigenvalue weighted by Crippen LogP contribution is -2.41. The molecular formula is C12H23N3O2. The van der Waals surface area contributed by atoms with Gasteiger partial charge in [0.25, 0.3) is 0 Å². The smallest absolute Gasteiger partial charge is 0.310 e. The first-order chi connectivity index (χ1) is 8.13. The Morgan fingerprint density at radius 2 is 2.12 bits per heavy atom. The van der Waals surface area contributed by atoms with Crippen LogP contribution in [0.15, 0.2) is 4.99 Å². The molecule has 1 aliphatic carbocycles. The molecule has 0 bridgehead atoms. The maximum Gasteiger partial charge on any atom is 0.310 e. The van der Waals surface area contributed by atoms with E-state index in [-0.39, 0.29) is 11.9 Å². The van der Waals surface area contributed by atoms with Gasteiger partial charge >= 0.3 is 5.97 Å². The zero-order valence-electron chi connectivity index (χ0n) is 10.7. The minimum absolute atomic E-state index is 0.244. The maximum absolute atomic E-state index is 11.2. The summed E-state index contributed by atoms with van der Waals surface area (Å²) in [6, 6.07) is 0.445. The van der Waals surface area contributed by atoms with E-state index in [2.05, 4.69) is 15.0 Å². The summed E-state index contributed by atoms with van der Waals surface area (Å²) in [6.07, 6.45) is 6.13. The summed E-state index contributed by atoms with van der Waals surface area (Å²) in [5.74, 6) is -0.0569. The third kappa shape index (κ3) is 5.06. The van der Waals surface area contributed by atoms with Crippen molar-refractivity contribution in [3.63, 3.8) is 0 Å². The lowest BCUT2D eigenvalue weighted by atomic mass is 9.96. The first-order valence-electron chi connectivity index (χ1n) is 6.27. The van der Waals surface area contributed by atoms with Gasteiger partial charge in [0.15, 0.2) is 5.96 Å². The summed E-state index contributed by atoms with van der Waals surface area (Å²) < 4.78 is 4.62. The van der Waals surface area contributed by atoms with E-state index in [1.54, 1.807) is 6.92 Å². The Morgan fingerprint density at radius 3 is 2.71 bits per heavy atom. The quantitative estimate of drug-likeness (QED) is 0.438. The van der Waals surface area contributed by atoms with Crippen molar-refractivity contribution in [3.05, 3.63) is 0 Å². The van der Waals surface area contributed by atoms with Gasteiger partial charge in [-0.25, -0.2) is 0 Å². The summed E-state index contributed by atoms with van der Waals surface area (Å²) >= 11 is 0. The number of methoxy groups -OCH3 is 1. The second kappa shape index (κ2) is 7.14. The third-order valence-electron chi connectivity index (χ3n) is 3.10. The van der Waals surface area contributed by atoms with Crippen LogP contribution in [-0.4, -0.2) is 31.6 Å². The van der Waals surface area contributed by atoms with Gasteiger partial charge < -0.3 is 15.8 Å². The monoisotopic (exact) mass is 241 g/mol. The van der Waals surface area contributed by atoms with Crippen LogP contribution in [0.25, 0.3) is 0 Å². The van der Waals surface area contributed by atoms with E-state index in [0.717, 1.165) is 12.8 Å². The molecule has 1 fully saturated rings. The van der Waals surface area contributed by atoms with Gasteiger partial charge in [-0.05, 0) is 12.8 Å².